The number of hydrogen-bond acceptors (Lipinski definition) is 7. The highest BCUT2D eigenvalue weighted by molar-refractivity contribution is 8.01. The second-order valence-electron chi connectivity index (χ2n) is 5.98. The number of nitrogens with two attached hydrogens (primary N) is 2. The van der Waals surface area contributed by atoms with Crippen LogP contribution < -0.4 is 16.8 Å². The van der Waals surface area contributed by atoms with Crippen molar-refractivity contribution in [3.63, 3.8) is 0 Å². The molecule has 1 aliphatic rings. The zero-order chi connectivity index (χ0) is 19.6. The van der Waals surface area contributed by atoms with E-state index in [1.54, 1.807) is 25.3 Å². The first-order chi connectivity index (χ1) is 12.9. The number of nitrogens with one attached hydrogen (secondary N) is 1. The van der Waals surface area contributed by atoms with E-state index >= 15 is 0 Å². The molecule has 5 N–H and O–H groups in total. The Labute approximate surface area is 171 Å². The molecule has 3 rings (SSSR count). The number of carbonyl (C=O) groups excluding carboxylic acids is 1. The SMILES string of the molecule is COCCCNc1nc2c(c(-c3ccc(Cl)c(Cl)c3)n1)C(N)C(C(N)=O)S2. The van der Waals surface area contributed by atoms with Gasteiger partial charge in [0.25, 0.3) is 0 Å². The minimum atomic E-state index is -0.602. The van der Waals surface area contributed by atoms with Gasteiger partial charge in [0.2, 0.25) is 11.9 Å². The van der Waals surface area contributed by atoms with E-state index in [0.717, 1.165) is 12.0 Å². The Kier molecular flexibility index (Phi) is 6.44. The van der Waals surface area contributed by atoms with Crippen LogP contribution in [0.5, 0.6) is 0 Å². The van der Waals surface area contributed by atoms with Gasteiger partial charge in [0, 0.05) is 31.4 Å². The fraction of sp³-hybridized carbons (Fsp3) is 0.353. The van der Waals surface area contributed by atoms with E-state index in [2.05, 4.69) is 15.3 Å². The highest BCUT2D eigenvalue weighted by Crippen LogP contribution is 2.46. The van der Waals surface area contributed by atoms with Crippen LogP contribution in [-0.4, -0.2) is 41.4 Å². The summed E-state index contributed by atoms with van der Waals surface area (Å²) in [5, 5.41) is 4.06. The highest BCUT2D eigenvalue weighted by atomic mass is 35.5. The number of fused-ring (bicyclic) bond motifs is 1. The van der Waals surface area contributed by atoms with Crippen molar-refractivity contribution < 1.29 is 9.53 Å². The van der Waals surface area contributed by atoms with Gasteiger partial charge in [-0.25, -0.2) is 9.97 Å². The Morgan fingerprint density at radius 2 is 2.11 bits per heavy atom. The number of carbonyl (C=O) groups is 1. The van der Waals surface area contributed by atoms with Crippen molar-refractivity contribution in [3.05, 3.63) is 33.8 Å². The average molecular weight is 428 g/mol. The molecule has 0 bridgehead atoms. The molecule has 2 unspecified atom stereocenters. The number of anilines is 1. The van der Waals surface area contributed by atoms with E-state index in [1.165, 1.54) is 11.8 Å². The molecule has 0 radical (unpaired) electrons. The molecular formula is C17H19Cl2N5O2S. The summed E-state index contributed by atoms with van der Waals surface area (Å²) >= 11 is 13.5. The van der Waals surface area contributed by atoms with Gasteiger partial charge < -0.3 is 21.5 Å². The lowest BCUT2D eigenvalue weighted by atomic mass is 9.99. The lowest BCUT2D eigenvalue weighted by molar-refractivity contribution is -0.117. The van der Waals surface area contributed by atoms with Crippen LogP contribution in [0.2, 0.25) is 10.0 Å². The summed E-state index contributed by atoms with van der Waals surface area (Å²) in [5.74, 6) is -0.0454. The van der Waals surface area contributed by atoms with Crippen LogP contribution in [0.3, 0.4) is 0 Å². The second kappa shape index (κ2) is 8.62. The minimum absolute atomic E-state index is 0.404. The van der Waals surface area contributed by atoms with Gasteiger partial charge in [-0.15, -0.1) is 0 Å². The molecular weight excluding hydrogens is 409 g/mol. The molecule has 1 aliphatic heterocycles. The van der Waals surface area contributed by atoms with Gasteiger partial charge in [-0.1, -0.05) is 41.0 Å². The first-order valence-corrected chi connectivity index (χ1v) is 9.87. The predicted molar refractivity (Wildman–Crippen MR) is 108 cm³/mol. The van der Waals surface area contributed by atoms with E-state index < -0.39 is 17.2 Å². The maximum absolute atomic E-state index is 11.8. The van der Waals surface area contributed by atoms with Crippen LogP contribution in [-0.2, 0) is 9.53 Å². The molecule has 0 spiro atoms. The van der Waals surface area contributed by atoms with Crippen LogP contribution in [0.15, 0.2) is 23.2 Å². The van der Waals surface area contributed by atoms with Crippen molar-refractivity contribution in [2.75, 3.05) is 25.6 Å². The third-order valence-corrected chi connectivity index (χ3v) is 6.14. The predicted octanol–water partition coefficient (Wildman–Crippen LogP) is 2.86. The lowest BCUT2D eigenvalue weighted by Gasteiger charge is -2.15. The fourth-order valence-electron chi connectivity index (χ4n) is 2.78. The van der Waals surface area contributed by atoms with Crippen LogP contribution in [0.1, 0.15) is 18.0 Å². The first-order valence-electron chi connectivity index (χ1n) is 8.24. The van der Waals surface area contributed by atoms with Crippen molar-refractivity contribution in [3.8, 4) is 11.3 Å². The molecule has 1 amide bonds. The second-order valence-corrected chi connectivity index (χ2v) is 7.93. The molecule has 0 saturated heterocycles. The van der Waals surface area contributed by atoms with Crippen LogP contribution in [0.4, 0.5) is 5.95 Å². The largest absolute Gasteiger partial charge is 0.385 e. The summed E-state index contributed by atoms with van der Waals surface area (Å²) in [4.78, 5) is 20.9. The molecule has 2 heterocycles. The van der Waals surface area contributed by atoms with Crippen molar-refractivity contribution in [1.82, 2.24) is 9.97 Å². The quantitative estimate of drug-likeness (QED) is 0.459. The molecule has 0 saturated carbocycles. The topological polar surface area (TPSA) is 116 Å². The summed E-state index contributed by atoms with van der Waals surface area (Å²) in [6.07, 6.45) is 0.801. The summed E-state index contributed by atoms with van der Waals surface area (Å²) in [6.45, 7) is 1.27. The molecule has 2 aromatic rings. The molecule has 0 aliphatic carbocycles. The van der Waals surface area contributed by atoms with Gasteiger partial charge in [-0.2, -0.15) is 0 Å². The van der Waals surface area contributed by atoms with Crippen LogP contribution in [0, 0.1) is 0 Å². The van der Waals surface area contributed by atoms with Gasteiger partial charge in [0.15, 0.2) is 0 Å². The maximum Gasteiger partial charge on any atom is 0.232 e. The highest BCUT2D eigenvalue weighted by Gasteiger charge is 2.39. The third-order valence-electron chi connectivity index (χ3n) is 4.09. The van der Waals surface area contributed by atoms with E-state index in [9.17, 15) is 4.79 Å². The zero-order valence-corrected chi connectivity index (χ0v) is 16.9. The molecule has 10 heteroatoms. The summed E-state index contributed by atoms with van der Waals surface area (Å²) in [7, 11) is 1.65. The van der Waals surface area contributed by atoms with E-state index in [0.29, 0.717) is 45.4 Å². The van der Waals surface area contributed by atoms with Crippen LogP contribution >= 0.6 is 35.0 Å². The van der Waals surface area contributed by atoms with Crippen molar-refractivity contribution >= 4 is 46.8 Å². The molecule has 27 heavy (non-hydrogen) atoms. The number of rotatable bonds is 7. The monoisotopic (exact) mass is 427 g/mol. The van der Waals surface area contributed by atoms with Crippen molar-refractivity contribution in [1.29, 1.82) is 0 Å². The molecule has 7 nitrogen and oxygen atoms in total. The van der Waals surface area contributed by atoms with Crippen LogP contribution in [0.25, 0.3) is 11.3 Å². The number of thioether (sulfide) groups is 1. The van der Waals surface area contributed by atoms with Gasteiger partial charge in [0.05, 0.1) is 21.8 Å². The lowest BCUT2D eigenvalue weighted by Crippen LogP contribution is -2.33. The Morgan fingerprint density at radius 3 is 2.78 bits per heavy atom. The number of aromatic nitrogens is 2. The van der Waals surface area contributed by atoms with Gasteiger partial charge in [-0.05, 0) is 18.6 Å². The Hall–Kier alpha value is -1.58. The first kappa shape index (κ1) is 20.2. The normalized spacial score (nSPS) is 18.4. The number of ether oxygens (including phenoxy) is 1. The number of primary amides is 1. The van der Waals surface area contributed by atoms with E-state index in [4.69, 9.17) is 39.4 Å². The van der Waals surface area contributed by atoms with Crippen molar-refractivity contribution in [2.24, 2.45) is 11.5 Å². The molecule has 1 aromatic heterocycles. The molecule has 1 aromatic carbocycles. The third kappa shape index (κ3) is 4.30. The van der Waals surface area contributed by atoms with Gasteiger partial charge in [0.1, 0.15) is 10.3 Å². The van der Waals surface area contributed by atoms with E-state index in [-0.39, 0.29) is 0 Å². The Bertz CT molecular complexity index is 867. The fourth-order valence-corrected chi connectivity index (χ4v) is 4.21. The number of hydrogen-bond donors (Lipinski definition) is 3. The standard InChI is InChI=1S/C17H19Cl2N5O2S/c1-26-6-2-5-22-17-23-13(8-3-4-9(18)10(19)7-8)11-12(20)14(15(21)25)27-16(11)24-17/h3-4,7,12,14H,2,5-6,20H2,1H3,(H2,21,25)(H,22,23,24). The smallest absolute Gasteiger partial charge is 0.232 e. The van der Waals surface area contributed by atoms with Gasteiger partial charge >= 0.3 is 0 Å². The maximum atomic E-state index is 11.8. The molecule has 2 atom stereocenters. The number of halogens is 2. The number of benzene rings is 1. The number of amides is 1. The summed E-state index contributed by atoms with van der Waals surface area (Å²) < 4.78 is 5.05. The average Bonchev–Trinajstić information content (AvgIpc) is 2.97. The molecule has 144 valence electrons. The molecule has 0 fully saturated rings. The Morgan fingerprint density at radius 1 is 1.33 bits per heavy atom. The Balaban J connectivity index is 2.03. The van der Waals surface area contributed by atoms with Gasteiger partial charge in [-0.3, -0.25) is 4.79 Å². The number of nitrogens with zero attached hydrogens (tertiary/aromatic N) is 2. The summed E-state index contributed by atoms with van der Waals surface area (Å²) in [5.41, 5.74) is 13.8. The number of methoxy groups -OCH3 is 1. The van der Waals surface area contributed by atoms with E-state index in [1.807, 2.05) is 0 Å². The summed E-state index contributed by atoms with van der Waals surface area (Å²) in [6, 6.07) is 4.62. The minimum Gasteiger partial charge on any atom is -0.385 e. The van der Waals surface area contributed by atoms with Crippen molar-refractivity contribution in [2.45, 2.75) is 22.7 Å². The zero-order valence-electron chi connectivity index (χ0n) is 14.5.